The third kappa shape index (κ3) is 3.77. The highest BCUT2D eigenvalue weighted by atomic mass is 32.1. The number of thiazole rings is 1. The van der Waals surface area contributed by atoms with Gasteiger partial charge in [0.05, 0.1) is 16.7 Å². The minimum absolute atomic E-state index is 0.0138. The van der Waals surface area contributed by atoms with Gasteiger partial charge >= 0.3 is 0 Å². The molecule has 8 heteroatoms. The molecule has 2 aromatic carbocycles. The first kappa shape index (κ1) is 19.3. The van der Waals surface area contributed by atoms with Gasteiger partial charge in [0.25, 0.3) is 6.43 Å². The second-order valence-electron chi connectivity index (χ2n) is 7.03. The lowest BCUT2D eigenvalue weighted by atomic mass is 10.1. The van der Waals surface area contributed by atoms with Crippen molar-refractivity contribution in [1.29, 1.82) is 0 Å². The molecule has 0 amide bonds. The number of hydrogen-bond donors (Lipinski definition) is 1. The van der Waals surface area contributed by atoms with Crippen LogP contribution in [0.5, 0.6) is 0 Å². The van der Waals surface area contributed by atoms with Crippen LogP contribution in [0.4, 0.5) is 19.6 Å². The van der Waals surface area contributed by atoms with E-state index in [1.54, 1.807) is 24.5 Å². The number of hydrogen-bond acceptors (Lipinski definition) is 5. The van der Waals surface area contributed by atoms with Crippen molar-refractivity contribution < 1.29 is 8.78 Å². The molecular formula is C23H17F2N5S. The Bertz CT molecular complexity index is 1360. The van der Waals surface area contributed by atoms with Gasteiger partial charge in [0.15, 0.2) is 5.13 Å². The maximum atomic E-state index is 13.1. The van der Waals surface area contributed by atoms with Crippen molar-refractivity contribution in [3.63, 3.8) is 0 Å². The molecule has 0 aliphatic carbocycles. The van der Waals surface area contributed by atoms with Gasteiger partial charge in [-0.05, 0) is 36.4 Å². The quantitative estimate of drug-likeness (QED) is 0.347. The Morgan fingerprint density at radius 3 is 2.68 bits per heavy atom. The number of rotatable bonds is 5. The Morgan fingerprint density at radius 2 is 1.87 bits per heavy atom. The normalized spacial score (nSPS) is 11.4. The number of anilines is 2. The van der Waals surface area contributed by atoms with E-state index < -0.39 is 6.43 Å². The highest BCUT2D eigenvalue weighted by molar-refractivity contribution is 7.14. The highest BCUT2D eigenvalue weighted by Crippen LogP contribution is 2.31. The molecule has 5 nitrogen and oxygen atoms in total. The van der Waals surface area contributed by atoms with Crippen molar-refractivity contribution in [3.8, 4) is 22.6 Å². The van der Waals surface area contributed by atoms with E-state index in [9.17, 15) is 8.78 Å². The van der Waals surface area contributed by atoms with Gasteiger partial charge < -0.3 is 9.88 Å². The summed E-state index contributed by atoms with van der Waals surface area (Å²) in [4.78, 5) is 13.4. The van der Waals surface area contributed by atoms with Crippen LogP contribution >= 0.6 is 11.3 Å². The van der Waals surface area contributed by atoms with E-state index in [4.69, 9.17) is 4.98 Å². The number of aryl methyl sites for hydroxylation is 1. The van der Waals surface area contributed by atoms with Gasteiger partial charge in [-0.15, -0.1) is 11.3 Å². The third-order valence-corrected chi connectivity index (χ3v) is 5.75. The smallest absolute Gasteiger partial charge is 0.263 e. The number of pyridine rings is 1. The Labute approximate surface area is 181 Å². The third-order valence-electron chi connectivity index (χ3n) is 4.99. The van der Waals surface area contributed by atoms with E-state index in [1.807, 2.05) is 47.3 Å². The van der Waals surface area contributed by atoms with Crippen LogP contribution < -0.4 is 5.32 Å². The summed E-state index contributed by atoms with van der Waals surface area (Å²) < 4.78 is 28.1. The van der Waals surface area contributed by atoms with E-state index in [0.717, 1.165) is 33.1 Å². The Kier molecular flexibility index (Phi) is 4.91. The summed E-state index contributed by atoms with van der Waals surface area (Å²) in [6, 6.07) is 16.0. The Balaban J connectivity index is 1.45. The standard InChI is InChI=1S/C23H17F2N5S/c1-30-20-8-7-17(27-23-29-19(13-31-23)16-6-3-9-26-12-16)11-18(20)28-22(30)15-5-2-4-14(10-15)21(24)25/h2-13,21H,1H3,(H,27,29). The number of benzene rings is 2. The summed E-state index contributed by atoms with van der Waals surface area (Å²) in [6.07, 6.45) is 0.999. The Hall–Kier alpha value is -3.65. The maximum Gasteiger partial charge on any atom is 0.263 e. The van der Waals surface area contributed by atoms with Crippen LogP contribution in [0.15, 0.2) is 72.4 Å². The predicted molar refractivity (Wildman–Crippen MR) is 120 cm³/mol. The average Bonchev–Trinajstić information content (AvgIpc) is 3.39. The zero-order valence-electron chi connectivity index (χ0n) is 16.5. The summed E-state index contributed by atoms with van der Waals surface area (Å²) >= 11 is 1.51. The summed E-state index contributed by atoms with van der Waals surface area (Å²) in [5, 5.41) is 6.06. The number of aromatic nitrogens is 4. The van der Waals surface area contributed by atoms with E-state index in [1.165, 1.54) is 23.5 Å². The van der Waals surface area contributed by atoms with Crippen molar-refractivity contribution in [2.75, 3.05) is 5.32 Å². The van der Waals surface area contributed by atoms with Crippen LogP contribution in [0, 0.1) is 0 Å². The number of fused-ring (bicyclic) bond motifs is 1. The molecule has 3 heterocycles. The fourth-order valence-corrected chi connectivity index (χ4v) is 4.19. The van der Waals surface area contributed by atoms with Gasteiger partial charge in [0.1, 0.15) is 5.82 Å². The molecule has 0 bridgehead atoms. The molecular weight excluding hydrogens is 416 g/mol. The molecule has 0 aliphatic heterocycles. The van der Waals surface area contributed by atoms with Crippen molar-refractivity contribution in [1.82, 2.24) is 19.5 Å². The second-order valence-corrected chi connectivity index (χ2v) is 7.89. The molecule has 5 aromatic rings. The van der Waals surface area contributed by atoms with Crippen molar-refractivity contribution in [2.24, 2.45) is 7.05 Å². The maximum absolute atomic E-state index is 13.1. The highest BCUT2D eigenvalue weighted by Gasteiger charge is 2.14. The summed E-state index contributed by atoms with van der Waals surface area (Å²) in [5.41, 5.74) is 5.01. The predicted octanol–water partition coefficient (Wildman–Crippen LogP) is 6.44. The van der Waals surface area contributed by atoms with Gasteiger partial charge in [-0.2, -0.15) is 0 Å². The van der Waals surface area contributed by atoms with Gasteiger partial charge in [-0.3, -0.25) is 4.98 Å². The molecule has 0 fully saturated rings. The molecule has 0 spiro atoms. The first-order valence-corrected chi connectivity index (χ1v) is 10.4. The molecule has 0 radical (unpaired) electrons. The summed E-state index contributed by atoms with van der Waals surface area (Å²) in [7, 11) is 1.88. The zero-order valence-corrected chi connectivity index (χ0v) is 17.3. The molecule has 1 N–H and O–H groups in total. The van der Waals surface area contributed by atoms with Gasteiger partial charge in [0.2, 0.25) is 0 Å². The van der Waals surface area contributed by atoms with Crippen molar-refractivity contribution in [3.05, 3.63) is 77.9 Å². The average molecular weight is 433 g/mol. The number of imidazole rings is 1. The van der Waals surface area contributed by atoms with E-state index in [0.29, 0.717) is 11.4 Å². The van der Waals surface area contributed by atoms with Crippen molar-refractivity contribution in [2.45, 2.75) is 6.43 Å². The fraction of sp³-hybridized carbons (Fsp3) is 0.0870. The molecule has 31 heavy (non-hydrogen) atoms. The molecule has 154 valence electrons. The lowest BCUT2D eigenvalue weighted by Gasteiger charge is -2.05. The lowest BCUT2D eigenvalue weighted by Crippen LogP contribution is -1.94. The SMILES string of the molecule is Cn1c(-c2cccc(C(F)F)c2)nc2cc(Nc3nc(-c4cccnc4)cs3)ccc21. The van der Waals surface area contributed by atoms with Crippen LogP contribution in [-0.2, 0) is 7.05 Å². The number of nitrogens with zero attached hydrogens (tertiary/aromatic N) is 4. The van der Waals surface area contributed by atoms with Crippen LogP contribution in [0.25, 0.3) is 33.7 Å². The van der Waals surface area contributed by atoms with Crippen LogP contribution in [0.2, 0.25) is 0 Å². The molecule has 0 unspecified atom stereocenters. The van der Waals surface area contributed by atoms with Gasteiger partial charge in [-0.1, -0.05) is 18.2 Å². The molecule has 0 saturated carbocycles. The van der Waals surface area contributed by atoms with E-state index in [2.05, 4.69) is 15.3 Å². The minimum atomic E-state index is -2.51. The Morgan fingerprint density at radius 1 is 1.00 bits per heavy atom. The number of alkyl halides is 2. The molecule has 0 aliphatic rings. The summed E-state index contributed by atoms with van der Waals surface area (Å²) in [6.45, 7) is 0. The summed E-state index contributed by atoms with van der Waals surface area (Å²) in [5.74, 6) is 0.641. The fourth-order valence-electron chi connectivity index (χ4n) is 3.45. The molecule has 5 rings (SSSR count). The first-order chi connectivity index (χ1) is 15.1. The topological polar surface area (TPSA) is 55.6 Å². The largest absolute Gasteiger partial charge is 0.331 e. The number of halogens is 2. The number of nitrogens with one attached hydrogen (secondary N) is 1. The van der Waals surface area contributed by atoms with Gasteiger partial charge in [-0.25, -0.2) is 18.7 Å². The van der Waals surface area contributed by atoms with Crippen molar-refractivity contribution >= 4 is 33.2 Å². The monoisotopic (exact) mass is 433 g/mol. The minimum Gasteiger partial charge on any atom is -0.331 e. The molecule has 0 atom stereocenters. The second kappa shape index (κ2) is 7.88. The van der Waals surface area contributed by atoms with E-state index in [-0.39, 0.29) is 5.56 Å². The van der Waals surface area contributed by atoms with Crippen LogP contribution in [0.3, 0.4) is 0 Å². The zero-order chi connectivity index (χ0) is 21.4. The van der Waals surface area contributed by atoms with Crippen LogP contribution in [0.1, 0.15) is 12.0 Å². The molecule has 3 aromatic heterocycles. The first-order valence-electron chi connectivity index (χ1n) is 9.56. The van der Waals surface area contributed by atoms with Crippen LogP contribution in [-0.4, -0.2) is 19.5 Å². The molecule has 0 saturated heterocycles. The van der Waals surface area contributed by atoms with Gasteiger partial charge in [0, 0.05) is 47.2 Å². The van der Waals surface area contributed by atoms with E-state index >= 15 is 0 Å². The lowest BCUT2D eigenvalue weighted by molar-refractivity contribution is 0.151.